The van der Waals surface area contributed by atoms with Gasteiger partial charge in [-0.25, -0.2) is 4.98 Å². The van der Waals surface area contributed by atoms with Gasteiger partial charge in [0.25, 0.3) is 0 Å². The lowest BCUT2D eigenvalue weighted by atomic mass is 10.1. The molecule has 0 radical (unpaired) electrons. The molecule has 21 heavy (non-hydrogen) atoms. The summed E-state index contributed by atoms with van der Waals surface area (Å²) in [5.41, 5.74) is 3.52. The number of thiazole rings is 1. The summed E-state index contributed by atoms with van der Waals surface area (Å²) in [7, 11) is 0. The van der Waals surface area contributed by atoms with Crippen LogP contribution in [0.3, 0.4) is 0 Å². The quantitative estimate of drug-likeness (QED) is 0.804. The molecular weight excluding hydrogens is 286 g/mol. The molecule has 3 aromatic heterocycles. The summed E-state index contributed by atoms with van der Waals surface area (Å²) >= 11 is 1.60. The van der Waals surface area contributed by atoms with Crippen LogP contribution in [0.1, 0.15) is 23.2 Å². The normalized spacial score (nSPS) is 11.1. The van der Waals surface area contributed by atoms with Gasteiger partial charge in [-0.3, -0.25) is 14.2 Å². The molecule has 3 heterocycles. The number of fused-ring (bicyclic) bond motifs is 1. The first-order chi connectivity index (χ1) is 10.1. The summed E-state index contributed by atoms with van der Waals surface area (Å²) in [5.74, 6) is -0.849. The van der Waals surface area contributed by atoms with Gasteiger partial charge in [0.2, 0.25) is 0 Å². The van der Waals surface area contributed by atoms with Gasteiger partial charge in [0.15, 0.2) is 4.96 Å². The summed E-state index contributed by atoms with van der Waals surface area (Å²) in [6.07, 6.45) is 4.20. The zero-order chi connectivity index (χ0) is 15.0. The largest absolute Gasteiger partial charge is 0.481 e. The number of carboxylic acids is 1. The average molecular weight is 301 g/mol. The van der Waals surface area contributed by atoms with Gasteiger partial charge in [-0.15, -0.1) is 11.3 Å². The number of carbonyl (C=O) groups is 1. The number of nitrogens with zero attached hydrogens (tertiary/aromatic N) is 3. The number of aromatic nitrogens is 3. The van der Waals surface area contributed by atoms with Crippen molar-refractivity contribution >= 4 is 22.3 Å². The Balaban J connectivity index is 2.30. The summed E-state index contributed by atoms with van der Waals surface area (Å²) in [6, 6.07) is 3.71. The Labute approximate surface area is 125 Å². The van der Waals surface area contributed by atoms with Crippen LogP contribution in [0.25, 0.3) is 16.2 Å². The zero-order valence-electron chi connectivity index (χ0n) is 11.8. The first-order valence-electron chi connectivity index (χ1n) is 6.73. The average Bonchev–Trinajstić information content (AvgIpc) is 2.95. The number of rotatable bonds is 4. The molecule has 0 atom stereocenters. The maximum absolute atomic E-state index is 11.3. The van der Waals surface area contributed by atoms with Gasteiger partial charge in [0, 0.05) is 28.5 Å². The van der Waals surface area contributed by atoms with E-state index in [1.807, 2.05) is 16.5 Å². The minimum absolute atomic E-state index is 0.0397. The van der Waals surface area contributed by atoms with Gasteiger partial charge in [0.05, 0.1) is 17.8 Å². The van der Waals surface area contributed by atoms with Crippen molar-refractivity contribution in [2.45, 2.75) is 26.7 Å². The number of aliphatic carboxylic acids is 1. The molecule has 0 saturated heterocycles. The van der Waals surface area contributed by atoms with Crippen molar-refractivity contribution in [2.75, 3.05) is 0 Å². The SMILES string of the molecule is CCc1c(C)sc2nc(-c3ccncc3)c(CC(=O)O)n12. The molecule has 0 spiro atoms. The van der Waals surface area contributed by atoms with Crippen LogP contribution in [0, 0.1) is 6.92 Å². The Morgan fingerprint density at radius 3 is 2.67 bits per heavy atom. The number of imidazole rings is 1. The molecule has 5 nitrogen and oxygen atoms in total. The second-order valence-corrected chi connectivity index (χ2v) is 5.97. The minimum atomic E-state index is -0.849. The molecule has 0 aliphatic carbocycles. The highest BCUT2D eigenvalue weighted by atomic mass is 32.1. The highest BCUT2D eigenvalue weighted by Gasteiger charge is 2.21. The summed E-state index contributed by atoms with van der Waals surface area (Å²) in [5, 5.41) is 9.24. The van der Waals surface area contributed by atoms with E-state index in [0.717, 1.165) is 34.0 Å². The third-order valence-corrected chi connectivity index (χ3v) is 4.47. The van der Waals surface area contributed by atoms with Crippen molar-refractivity contribution in [3.05, 3.63) is 40.8 Å². The van der Waals surface area contributed by atoms with Crippen LogP contribution in [-0.2, 0) is 17.6 Å². The molecule has 3 rings (SSSR count). The van der Waals surface area contributed by atoms with E-state index >= 15 is 0 Å². The topological polar surface area (TPSA) is 67.5 Å². The Morgan fingerprint density at radius 1 is 1.33 bits per heavy atom. The maximum atomic E-state index is 11.3. The summed E-state index contributed by atoms with van der Waals surface area (Å²) < 4.78 is 2.00. The smallest absolute Gasteiger partial charge is 0.309 e. The van der Waals surface area contributed by atoms with E-state index in [4.69, 9.17) is 0 Å². The van der Waals surface area contributed by atoms with Crippen molar-refractivity contribution in [1.82, 2.24) is 14.4 Å². The van der Waals surface area contributed by atoms with E-state index in [-0.39, 0.29) is 6.42 Å². The second kappa shape index (κ2) is 5.29. The Hall–Kier alpha value is -2.21. The molecule has 3 aromatic rings. The monoisotopic (exact) mass is 301 g/mol. The van der Waals surface area contributed by atoms with Gasteiger partial charge in [-0.2, -0.15) is 0 Å². The van der Waals surface area contributed by atoms with Crippen LogP contribution >= 0.6 is 11.3 Å². The number of pyridine rings is 1. The lowest BCUT2D eigenvalue weighted by Crippen LogP contribution is -2.06. The molecule has 0 saturated carbocycles. The Morgan fingerprint density at radius 2 is 2.05 bits per heavy atom. The molecule has 1 N–H and O–H groups in total. The van der Waals surface area contributed by atoms with Crippen molar-refractivity contribution in [3.8, 4) is 11.3 Å². The molecule has 0 aromatic carbocycles. The van der Waals surface area contributed by atoms with Crippen LogP contribution in [0.5, 0.6) is 0 Å². The van der Waals surface area contributed by atoms with Crippen molar-refractivity contribution < 1.29 is 9.90 Å². The second-order valence-electron chi connectivity index (χ2n) is 4.79. The molecule has 6 heteroatoms. The molecule has 0 unspecified atom stereocenters. The van der Waals surface area contributed by atoms with Gasteiger partial charge in [-0.05, 0) is 25.5 Å². The highest BCUT2D eigenvalue weighted by molar-refractivity contribution is 7.17. The lowest BCUT2D eigenvalue weighted by Gasteiger charge is -2.05. The molecule has 0 aliphatic heterocycles. The number of hydrogen-bond acceptors (Lipinski definition) is 4. The number of hydrogen-bond donors (Lipinski definition) is 1. The molecular formula is C15H15N3O2S. The maximum Gasteiger partial charge on any atom is 0.309 e. The highest BCUT2D eigenvalue weighted by Crippen LogP contribution is 2.31. The van der Waals surface area contributed by atoms with Gasteiger partial charge < -0.3 is 5.11 Å². The van der Waals surface area contributed by atoms with Crippen LogP contribution in [0.15, 0.2) is 24.5 Å². The van der Waals surface area contributed by atoms with Crippen LogP contribution in [0.2, 0.25) is 0 Å². The lowest BCUT2D eigenvalue weighted by molar-refractivity contribution is -0.136. The fourth-order valence-corrected chi connectivity index (χ4v) is 3.66. The number of carboxylic acid groups (broad SMARTS) is 1. The van der Waals surface area contributed by atoms with Crippen molar-refractivity contribution in [1.29, 1.82) is 0 Å². The Kier molecular flexibility index (Phi) is 3.47. The van der Waals surface area contributed by atoms with Crippen molar-refractivity contribution in [3.63, 3.8) is 0 Å². The first kappa shape index (κ1) is 13.8. The summed E-state index contributed by atoms with van der Waals surface area (Å²) in [4.78, 5) is 22.0. The van der Waals surface area contributed by atoms with E-state index in [9.17, 15) is 9.90 Å². The van der Waals surface area contributed by atoms with E-state index in [2.05, 4.69) is 23.8 Å². The van der Waals surface area contributed by atoms with Crippen LogP contribution < -0.4 is 0 Å². The number of aryl methyl sites for hydroxylation is 2. The van der Waals surface area contributed by atoms with Crippen LogP contribution in [0.4, 0.5) is 0 Å². The van der Waals surface area contributed by atoms with E-state index in [1.165, 1.54) is 4.88 Å². The first-order valence-corrected chi connectivity index (χ1v) is 7.55. The fraction of sp³-hybridized carbons (Fsp3) is 0.267. The standard InChI is InChI=1S/C15H15N3O2S/c1-3-11-9(2)21-15-17-14(10-4-6-16-7-5-10)12(18(11)15)8-13(19)20/h4-7H,3,8H2,1-2H3,(H,19,20). The molecule has 108 valence electrons. The molecule has 0 aliphatic rings. The van der Waals surface area contributed by atoms with Gasteiger partial charge >= 0.3 is 5.97 Å². The van der Waals surface area contributed by atoms with Gasteiger partial charge in [-0.1, -0.05) is 6.92 Å². The van der Waals surface area contributed by atoms with E-state index in [0.29, 0.717) is 0 Å². The minimum Gasteiger partial charge on any atom is -0.481 e. The van der Waals surface area contributed by atoms with Gasteiger partial charge in [0.1, 0.15) is 0 Å². The predicted octanol–water partition coefficient (Wildman–Crippen LogP) is 2.96. The Bertz CT molecular complexity index is 805. The third-order valence-electron chi connectivity index (χ3n) is 3.47. The summed E-state index contributed by atoms with van der Waals surface area (Å²) in [6.45, 7) is 4.12. The zero-order valence-corrected chi connectivity index (χ0v) is 12.6. The third kappa shape index (κ3) is 2.31. The van der Waals surface area contributed by atoms with E-state index < -0.39 is 5.97 Å². The molecule has 0 bridgehead atoms. The van der Waals surface area contributed by atoms with Crippen molar-refractivity contribution in [2.24, 2.45) is 0 Å². The fourth-order valence-electron chi connectivity index (χ4n) is 2.59. The molecule has 0 amide bonds. The predicted molar refractivity (Wildman–Crippen MR) is 81.8 cm³/mol. The van der Waals surface area contributed by atoms with Crippen LogP contribution in [-0.4, -0.2) is 25.4 Å². The van der Waals surface area contributed by atoms with E-state index in [1.54, 1.807) is 23.7 Å². The molecule has 0 fully saturated rings.